The van der Waals surface area contributed by atoms with Crippen molar-refractivity contribution in [2.75, 3.05) is 37.7 Å². The van der Waals surface area contributed by atoms with Crippen LogP contribution in [0.3, 0.4) is 0 Å². The number of anilines is 1. The van der Waals surface area contributed by atoms with Crippen molar-refractivity contribution in [3.8, 4) is 5.75 Å². The largest absolute Gasteiger partial charge is 0.494 e. The van der Waals surface area contributed by atoms with Crippen molar-refractivity contribution in [3.05, 3.63) is 90.6 Å². The van der Waals surface area contributed by atoms with Gasteiger partial charge in [-0.25, -0.2) is 8.42 Å². The first-order valence-electron chi connectivity index (χ1n) is 11.9. The summed E-state index contributed by atoms with van der Waals surface area (Å²) in [5, 5.41) is 0.796. The highest BCUT2D eigenvalue weighted by molar-refractivity contribution is 7.91. The molecule has 0 aliphatic carbocycles. The second kappa shape index (κ2) is 10.1. The third kappa shape index (κ3) is 4.88. The number of benzene rings is 3. The summed E-state index contributed by atoms with van der Waals surface area (Å²) in [6.07, 6.45) is 1.51. The number of piperazine rings is 1. The minimum atomic E-state index is -3.76. The van der Waals surface area contributed by atoms with Gasteiger partial charge in [0.25, 0.3) is 0 Å². The highest BCUT2D eigenvalue weighted by Crippen LogP contribution is 2.37. The Bertz CT molecular complexity index is 1400. The number of hydrogen-bond donors (Lipinski definition) is 0. The van der Waals surface area contributed by atoms with Gasteiger partial charge in [0.1, 0.15) is 10.6 Å². The second-order valence-corrected chi connectivity index (χ2v) is 10.6. The van der Waals surface area contributed by atoms with Crippen LogP contribution in [0.2, 0.25) is 0 Å². The smallest absolute Gasteiger partial charge is 0.210 e. The molecular weight excluding hydrogens is 458 g/mol. The van der Waals surface area contributed by atoms with Crippen LogP contribution in [0.15, 0.2) is 94.9 Å². The highest BCUT2D eigenvalue weighted by atomic mass is 32.2. The van der Waals surface area contributed by atoms with E-state index < -0.39 is 9.84 Å². The van der Waals surface area contributed by atoms with Gasteiger partial charge < -0.3 is 9.64 Å². The standard InChI is InChI=1S/C28H29N3O3S/c1-2-34-23-13-14-26-25(19-23)28(27(20-29-26)35(32,33)24-11-7-4-8-12-24)31-17-15-30(16-18-31)21-22-9-5-3-6-10-22/h3-14,19-20H,2,15-18,21H2,1H3. The number of ether oxygens (including phenoxy) is 1. The Balaban J connectivity index is 1.54. The third-order valence-electron chi connectivity index (χ3n) is 6.37. The molecule has 180 valence electrons. The Morgan fingerprint density at radius 2 is 1.57 bits per heavy atom. The molecule has 5 rings (SSSR count). The molecule has 0 N–H and O–H groups in total. The van der Waals surface area contributed by atoms with E-state index in [-0.39, 0.29) is 9.79 Å². The number of aromatic nitrogens is 1. The first-order valence-corrected chi connectivity index (χ1v) is 13.4. The lowest BCUT2D eigenvalue weighted by Gasteiger charge is -2.37. The van der Waals surface area contributed by atoms with Crippen LogP contribution < -0.4 is 9.64 Å². The Kier molecular flexibility index (Phi) is 6.70. The molecule has 6 nitrogen and oxygen atoms in total. The molecule has 4 aromatic rings. The predicted molar refractivity (Wildman–Crippen MR) is 139 cm³/mol. The van der Waals surface area contributed by atoms with E-state index in [9.17, 15) is 8.42 Å². The van der Waals surface area contributed by atoms with E-state index in [2.05, 4.69) is 39.0 Å². The van der Waals surface area contributed by atoms with Crippen molar-refractivity contribution >= 4 is 26.4 Å². The lowest BCUT2D eigenvalue weighted by atomic mass is 10.1. The van der Waals surface area contributed by atoms with Crippen LogP contribution in [0.25, 0.3) is 10.9 Å². The van der Waals surface area contributed by atoms with E-state index in [0.717, 1.165) is 43.6 Å². The lowest BCUT2D eigenvalue weighted by molar-refractivity contribution is 0.249. The maximum absolute atomic E-state index is 13.7. The summed E-state index contributed by atoms with van der Waals surface area (Å²) in [5.41, 5.74) is 2.74. The molecule has 35 heavy (non-hydrogen) atoms. The van der Waals surface area contributed by atoms with E-state index in [4.69, 9.17) is 4.74 Å². The zero-order chi connectivity index (χ0) is 24.3. The molecule has 0 saturated carbocycles. The van der Waals surface area contributed by atoms with E-state index >= 15 is 0 Å². The molecule has 1 aliphatic heterocycles. The van der Waals surface area contributed by atoms with Gasteiger partial charge in [-0.3, -0.25) is 9.88 Å². The molecule has 0 atom stereocenters. The first kappa shape index (κ1) is 23.3. The summed E-state index contributed by atoms with van der Waals surface area (Å²) in [4.78, 5) is 9.64. The number of rotatable bonds is 7. The molecule has 1 fully saturated rings. The predicted octanol–water partition coefficient (Wildman–Crippen LogP) is 4.79. The van der Waals surface area contributed by atoms with Crippen LogP contribution in [0.5, 0.6) is 5.75 Å². The fourth-order valence-corrected chi connectivity index (χ4v) is 6.07. The molecule has 0 amide bonds. The number of hydrogen-bond acceptors (Lipinski definition) is 6. The van der Waals surface area contributed by atoms with E-state index in [1.807, 2.05) is 37.3 Å². The molecule has 1 aliphatic rings. The van der Waals surface area contributed by atoms with Crippen molar-refractivity contribution in [1.82, 2.24) is 9.88 Å². The van der Waals surface area contributed by atoms with Crippen LogP contribution in [0, 0.1) is 0 Å². The maximum atomic E-state index is 13.7. The fourth-order valence-electron chi connectivity index (χ4n) is 4.62. The average molecular weight is 488 g/mol. The van der Waals surface area contributed by atoms with Gasteiger partial charge in [0.15, 0.2) is 0 Å². The molecule has 0 bridgehead atoms. The van der Waals surface area contributed by atoms with E-state index in [1.54, 1.807) is 24.3 Å². The molecule has 0 unspecified atom stereocenters. The molecule has 0 spiro atoms. The number of fused-ring (bicyclic) bond motifs is 1. The normalized spacial score (nSPS) is 14.8. The number of pyridine rings is 1. The van der Waals surface area contributed by atoms with Crippen LogP contribution >= 0.6 is 0 Å². The quantitative estimate of drug-likeness (QED) is 0.374. The van der Waals surface area contributed by atoms with Crippen molar-refractivity contribution < 1.29 is 13.2 Å². The lowest BCUT2D eigenvalue weighted by Crippen LogP contribution is -2.46. The maximum Gasteiger partial charge on any atom is 0.210 e. The Morgan fingerprint density at radius 3 is 2.26 bits per heavy atom. The molecule has 1 aromatic heterocycles. The molecule has 3 aromatic carbocycles. The minimum Gasteiger partial charge on any atom is -0.494 e. The van der Waals surface area contributed by atoms with Gasteiger partial charge in [-0.1, -0.05) is 48.5 Å². The summed E-state index contributed by atoms with van der Waals surface area (Å²) in [5.74, 6) is 0.708. The second-order valence-electron chi connectivity index (χ2n) is 8.65. The topological polar surface area (TPSA) is 62.7 Å². The summed E-state index contributed by atoms with van der Waals surface area (Å²) >= 11 is 0. The van der Waals surface area contributed by atoms with Crippen molar-refractivity contribution in [1.29, 1.82) is 0 Å². The first-order chi connectivity index (χ1) is 17.1. The zero-order valence-electron chi connectivity index (χ0n) is 19.8. The van der Waals surface area contributed by atoms with Gasteiger partial charge >= 0.3 is 0 Å². The van der Waals surface area contributed by atoms with Gasteiger partial charge in [0.05, 0.1) is 22.7 Å². The van der Waals surface area contributed by atoms with Gasteiger partial charge in [-0.2, -0.15) is 0 Å². The summed E-state index contributed by atoms with van der Waals surface area (Å²) < 4.78 is 33.2. The van der Waals surface area contributed by atoms with E-state index in [0.29, 0.717) is 18.0 Å². The third-order valence-corrected chi connectivity index (χ3v) is 8.14. The van der Waals surface area contributed by atoms with E-state index in [1.165, 1.54) is 11.8 Å². The Morgan fingerprint density at radius 1 is 0.886 bits per heavy atom. The fraction of sp³-hybridized carbons (Fsp3) is 0.250. The van der Waals surface area contributed by atoms with Gasteiger partial charge in [-0.05, 0) is 42.8 Å². The number of sulfone groups is 1. The van der Waals surface area contributed by atoms with Crippen molar-refractivity contribution in [2.45, 2.75) is 23.3 Å². The molecule has 2 heterocycles. The SMILES string of the molecule is CCOc1ccc2ncc(S(=O)(=O)c3ccccc3)c(N3CCN(Cc4ccccc4)CC3)c2c1. The average Bonchev–Trinajstić information content (AvgIpc) is 2.90. The summed E-state index contributed by atoms with van der Waals surface area (Å²) in [7, 11) is -3.76. The molecule has 1 saturated heterocycles. The molecule has 7 heteroatoms. The molecule has 0 radical (unpaired) electrons. The summed E-state index contributed by atoms with van der Waals surface area (Å²) in [6.45, 7) is 6.49. The van der Waals surface area contributed by atoms with Gasteiger partial charge in [0, 0.05) is 44.3 Å². The van der Waals surface area contributed by atoms with Crippen LogP contribution in [-0.2, 0) is 16.4 Å². The van der Waals surface area contributed by atoms with Crippen LogP contribution in [0.4, 0.5) is 5.69 Å². The van der Waals surface area contributed by atoms with Gasteiger partial charge in [-0.15, -0.1) is 0 Å². The monoisotopic (exact) mass is 487 g/mol. The Hall–Kier alpha value is -3.42. The van der Waals surface area contributed by atoms with Gasteiger partial charge in [0.2, 0.25) is 9.84 Å². The van der Waals surface area contributed by atoms with Crippen LogP contribution in [-0.4, -0.2) is 51.1 Å². The zero-order valence-corrected chi connectivity index (χ0v) is 20.6. The highest BCUT2D eigenvalue weighted by Gasteiger charge is 2.29. The minimum absolute atomic E-state index is 0.237. The summed E-state index contributed by atoms with van der Waals surface area (Å²) in [6, 6.07) is 24.7. The van der Waals surface area contributed by atoms with Crippen molar-refractivity contribution in [2.24, 2.45) is 0 Å². The number of nitrogens with zero attached hydrogens (tertiary/aromatic N) is 3. The molecular formula is C28H29N3O3S. The Labute approximate surface area is 206 Å². The van der Waals surface area contributed by atoms with Crippen LogP contribution in [0.1, 0.15) is 12.5 Å². The van der Waals surface area contributed by atoms with Crippen molar-refractivity contribution in [3.63, 3.8) is 0 Å².